The number of aromatic nitrogens is 1. The molecule has 0 saturated carbocycles. The third kappa shape index (κ3) is 4.39. The minimum Gasteiger partial charge on any atom is -0.312 e. The lowest BCUT2D eigenvalue weighted by Gasteiger charge is -2.20. The Morgan fingerprint density at radius 2 is 2.11 bits per heavy atom. The molecular formula is C15H25N3. The molecule has 0 radical (unpaired) electrons. The van der Waals surface area contributed by atoms with Crippen molar-refractivity contribution in [2.75, 3.05) is 26.2 Å². The number of aryl methyl sites for hydroxylation is 1. The van der Waals surface area contributed by atoms with Gasteiger partial charge in [-0.1, -0.05) is 13.0 Å². The number of likely N-dealkylation sites (tertiary alicyclic amines) is 1. The van der Waals surface area contributed by atoms with Crippen LogP contribution in [-0.2, 0) is 6.54 Å². The highest BCUT2D eigenvalue weighted by molar-refractivity contribution is 5.16. The Bertz CT molecular complexity index is 359. The minimum atomic E-state index is 0.723. The van der Waals surface area contributed by atoms with Crippen LogP contribution in [0.4, 0.5) is 0 Å². The summed E-state index contributed by atoms with van der Waals surface area (Å²) < 4.78 is 0. The second-order valence-electron chi connectivity index (χ2n) is 5.61. The molecule has 2 heterocycles. The van der Waals surface area contributed by atoms with E-state index in [9.17, 15) is 0 Å². The Morgan fingerprint density at radius 1 is 1.33 bits per heavy atom. The molecule has 1 aromatic rings. The van der Waals surface area contributed by atoms with E-state index in [1.807, 2.05) is 12.4 Å². The van der Waals surface area contributed by atoms with Crippen molar-refractivity contribution in [1.29, 1.82) is 0 Å². The van der Waals surface area contributed by atoms with Gasteiger partial charge in [-0.3, -0.25) is 4.98 Å². The first kappa shape index (κ1) is 13.5. The molecule has 0 aliphatic carbocycles. The summed E-state index contributed by atoms with van der Waals surface area (Å²) in [5.41, 5.74) is 2.52. The van der Waals surface area contributed by atoms with Gasteiger partial charge in [-0.25, -0.2) is 0 Å². The third-order valence-electron chi connectivity index (χ3n) is 3.52. The topological polar surface area (TPSA) is 28.2 Å². The molecular weight excluding hydrogens is 222 g/mol. The molecule has 1 saturated heterocycles. The normalized spacial score (nSPS) is 18.1. The number of nitrogens with zero attached hydrogens (tertiary/aromatic N) is 2. The van der Waals surface area contributed by atoms with E-state index in [1.165, 1.54) is 43.6 Å². The molecule has 2 rings (SSSR count). The number of hydrogen-bond donors (Lipinski definition) is 1. The summed E-state index contributed by atoms with van der Waals surface area (Å²) in [5.74, 6) is 0.723. The standard InChI is InChI=1S/C15H25N3/c1-13-7-15(10-16-8-13)11-17-9-14(2)12-18-5-3-4-6-18/h7-8,10,14,17H,3-6,9,11-12H2,1-2H3. The molecule has 0 aromatic carbocycles. The van der Waals surface area contributed by atoms with Crippen LogP contribution in [0.2, 0.25) is 0 Å². The molecule has 3 heteroatoms. The number of nitrogens with one attached hydrogen (secondary N) is 1. The molecule has 1 aliphatic rings. The summed E-state index contributed by atoms with van der Waals surface area (Å²) in [4.78, 5) is 6.80. The van der Waals surface area contributed by atoms with Crippen molar-refractivity contribution in [1.82, 2.24) is 15.2 Å². The fourth-order valence-corrected chi connectivity index (χ4v) is 2.65. The lowest BCUT2D eigenvalue weighted by molar-refractivity contribution is 0.282. The van der Waals surface area contributed by atoms with Crippen LogP contribution in [0.1, 0.15) is 30.9 Å². The van der Waals surface area contributed by atoms with Crippen LogP contribution in [0.5, 0.6) is 0 Å². The van der Waals surface area contributed by atoms with Gasteiger partial charge in [0.1, 0.15) is 0 Å². The molecule has 1 atom stereocenters. The van der Waals surface area contributed by atoms with Crippen LogP contribution in [0.25, 0.3) is 0 Å². The van der Waals surface area contributed by atoms with E-state index in [0.29, 0.717) is 0 Å². The van der Waals surface area contributed by atoms with E-state index in [4.69, 9.17) is 0 Å². The van der Waals surface area contributed by atoms with E-state index in [1.54, 1.807) is 0 Å². The van der Waals surface area contributed by atoms with Gasteiger partial charge < -0.3 is 10.2 Å². The maximum Gasteiger partial charge on any atom is 0.0313 e. The predicted octanol–water partition coefficient (Wildman–Crippen LogP) is 2.21. The molecule has 1 N–H and O–H groups in total. The molecule has 1 aromatic heterocycles. The molecule has 3 nitrogen and oxygen atoms in total. The van der Waals surface area contributed by atoms with Crippen molar-refractivity contribution in [2.45, 2.75) is 33.2 Å². The summed E-state index contributed by atoms with van der Waals surface area (Å²) in [7, 11) is 0. The Hall–Kier alpha value is -0.930. The zero-order valence-electron chi connectivity index (χ0n) is 11.7. The first-order valence-electron chi connectivity index (χ1n) is 7.07. The first-order chi connectivity index (χ1) is 8.74. The largest absolute Gasteiger partial charge is 0.312 e. The molecule has 0 amide bonds. The zero-order valence-corrected chi connectivity index (χ0v) is 11.7. The summed E-state index contributed by atoms with van der Waals surface area (Å²) in [6.45, 7) is 10.3. The summed E-state index contributed by atoms with van der Waals surface area (Å²) >= 11 is 0. The average Bonchev–Trinajstić information content (AvgIpc) is 2.82. The lowest BCUT2D eigenvalue weighted by Crippen LogP contribution is -2.31. The first-order valence-corrected chi connectivity index (χ1v) is 7.07. The van der Waals surface area contributed by atoms with E-state index in [2.05, 4.69) is 35.1 Å². The van der Waals surface area contributed by atoms with Crippen molar-refractivity contribution >= 4 is 0 Å². The number of pyridine rings is 1. The monoisotopic (exact) mass is 247 g/mol. The molecule has 18 heavy (non-hydrogen) atoms. The van der Waals surface area contributed by atoms with Gasteiger partial charge >= 0.3 is 0 Å². The van der Waals surface area contributed by atoms with Crippen molar-refractivity contribution in [2.24, 2.45) is 5.92 Å². The zero-order chi connectivity index (χ0) is 12.8. The Balaban J connectivity index is 1.65. The molecule has 100 valence electrons. The van der Waals surface area contributed by atoms with Crippen molar-refractivity contribution in [3.05, 3.63) is 29.6 Å². The van der Waals surface area contributed by atoms with Crippen LogP contribution < -0.4 is 5.32 Å². The van der Waals surface area contributed by atoms with E-state index in [0.717, 1.165) is 19.0 Å². The third-order valence-corrected chi connectivity index (χ3v) is 3.52. The molecule has 1 unspecified atom stereocenters. The van der Waals surface area contributed by atoms with Gasteiger partial charge in [-0.15, -0.1) is 0 Å². The SMILES string of the molecule is Cc1cncc(CNCC(C)CN2CCCC2)c1. The maximum absolute atomic E-state index is 4.22. The van der Waals surface area contributed by atoms with Gasteiger partial charge in [0.05, 0.1) is 0 Å². The predicted molar refractivity (Wildman–Crippen MR) is 75.5 cm³/mol. The highest BCUT2D eigenvalue weighted by Crippen LogP contribution is 2.10. The van der Waals surface area contributed by atoms with Gasteiger partial charge in [0.15, 0.2) is 0 Å². The van der Waals surface area contributed by atoms with Crippen molar-refractivity contribution < 1.29 is 0 Å². The van der Waals surface area contributed by atoms with Crippen LogP contribution in [0, 0.1) is 12.8 Å². The van der Waals surface area contributed by atoms with Crippen molar-refractivity contribution in [3.63, 3.8) is 0 Å². The van der Waals surface area contributed by atoms with Crippen LogP contribution in [0.3, 0.4) is 0 Å². The molecule has 0 spiro atoms. The van der Waals surface area contributed by atoms with Gasteiger partial charge in [-0.2, -0.15) is 0 Å². The van der Waals surface area contributed by atoms with Gasteiger partial charge in [0.25, 0.3) is 0 Å². The molecule has 1 fully saturated rings. The fourth-order valence-electron chi connectivity index (χ4n) is 2.65. The lowest BCUT2D eigenvalue weighted by atomic mass is 10.1. The van der Waals surface area contributed by atoms with Crippen LogP contribution in [0.15, 0.2) is 18.5 Å². The smallest absolute Gasteiger partial charge is 0.0313 e. The summed E-state index contributed by atoms with van der Waals surface area (Å²) in [6, 6.07) is 2.20. The Labute approximate surface area is 111 Å². The highest BCUT2D eigenvalue weighted by atomic mass is 15.1. The minimum absolute atomic E-state index is 0.723. The average molecular weight is 247 g/mol. The fraction of sp³-hybridized carbons (Fsp3) is 0.667. The van der Waals surface area contributed by atoms with E-state index >= 15 is 0 Å². The number of rotatable bonds is 6. The highest BCUT2D eigenvalue weighted by Gasteiger charge is 2.14. The molecule has 1 aliphatic heterocycles. The summed E-state index contributed by atoms with van der Waals surface area (Å²) in [6.07, 6.45) is 6.62. The van der Waals surface area contributed by atoms with Crippen LogP contribution >= 0.6 is 0 Å². The van der Waals surface area contributed by atoms with Crippen molar-refractivity contribution in [3.8, 4) is 0 Å². The van der Waals surface area contributed by atoms with Crippen LogP contribution in [-0.4, -0.2) is 36.1 Å². The van der Waals surface area contributed by atoms with Gasteiger partial charge in [-0.05, 0) is 56.4 Å². The summed E-state index contributed by atoms with van der Waals surface area (Å²) in [5, 5.41) is 3.54. The second kappa shape index (κ2) is 6.86. The maximum atomic E-state index is 4.22. The number of hydrogen-bond acceptors (Lipinski definition) is 3. The second-order valence-corrected chi connectivity index (χ2v) is 5.61. The Kier molecular flexibility index (Phi) is 5.14. The quantitative estimate of drug-likeness (QED) is 0.835. The van der Waals surface area contributed by atoms with E-state index in [-0.39, 0.29) is 0 Å². The Morgan fingerprint density at radius 3 is 2.83 bits per heavy atom. The van der Waals surface area contributed by atoms with Gasteiger partial charge in [0.2, 0.25) is 0 Å². The van der Waals surface area contributed by atoms with E-state index < -0.39 is 0 Å². The van der Waals surface area contributed by atoms with Gasteiger partial charge in [0, 0.05) is 25.5 Å². The molecule has 0 bridgehead atoms.